The standard InChI is InChI=1S/C14H30N2O/c1-5-8-14(3,10-15-13-6-7-13)11-16(4)9-12(2)17/h12-13,15,17H,5-11H2,1-4H3. The first-order valence-electron chi connectivity index (χ1n) is 7.05. The zero-order chi connectivity index (χ0) is 12.9. The lowest BCUT2D eigenvalue weighted by Gasteiger charge is -2.34. The average molecular weight is 242 g/mol. The number of aliphatic hydroxyl groups excluding tert-OH is 1. The van der Waals surface area contributed by atoms with E-state index in [4.69, 9.17) is 0 Å². The van der Waals surface area contributed by atoms with Crippen molar-refractivity contribution in [2.45, 2.75) is 58.6 Å². The number of aliphatic hydroxyl groups is 1. The summed E-state index contributed by atoms with van der Waals surface area (Å²) in [6.07, 6.45) is 4.95. The maximum Gasteiger partial charge on any atom is 0.0638 e. The summed E-state index contributed by atoms with van der Waals surface area (Å²) < 4.78 is 0. The van der Waals surface area contributed by atoms with Crippen molar-refractivity contribution in [2.75, 3.05) is 26.7 Å². The van der Waals surface area contributed by atoms with Gasteiger partial charge in [-0.2, -0.15) is 0 Å². The summed E-state index contributed by atoms with van der Waals surface area (Å²) in [6.45, 7) is 9.41. The van der Waals surface area contributed by atoms with E-state index in [1.54, 1.807) is 0 Å². The highest BCUT2D eigenvalue weighted by molar-refractivity contribution is 4.87. The van der Waals surface area contributed by atoms with E-state index < -0.39 is 0 Å². The van der Waals surface area contributed by atoms with E-state index in [1.807, 2.05) is 6.92 Å². The van der Waals surface area contributed by atoms with E-state index >= 15 is 0 Å². The summed E-state index contributed by atoms with van der Waals surface area (Å²) in [6, 6.07) is 0.785. The lowest BCUT2D eigenvalue weighted by molar-refractivity contribution is 0.106. The number of hydrogen-bond donors (Lipinski definition) is 2. The third-order valence-corrected chi connectivity index (χ3v) is 3.48. The Morgan fingerprint density at radius 1 is 1.47 bits per heavy atom. The summed E-state index contributed by atoms with van der Waals surface area (Å²) in [5.74, 6) is 0. The molecule has 0 aromatic carbocycles. The van der Waals surface area contributed by atoms with Crippen LogP contribution in [-0.2, 0) is 0 Å². The SMILES string of the molecule is CCCC(C)(CNC1CC1)CN(C)CC(C)O. The monoisotopic (exact) mass is 242 g/mol. The molecule has 0 saturated heterocycles. The van der Waals surface area contributed by atoms with Gasteiger partial charge in [0.1, 0.15) is 0 Å². The van der Waals surface area contributed by atoms with Crippen LogP contribution in [0.5, 0.6) is 0 Å². The van der Waals surface area contributed by atoms with Gasteiger partial charge in [-0.3, -0.25) is 0 Å². The van der Waals surface area contributed by atoms with Gasteiger partial charge in [0.15, 0.2) is 0 Å². The third-order valence-electron chi connectivity index (χ3n) is 3.48. The highest BCUT2D eigenvalue weighted by Gasteiger charge is 2.29. The fourth-order valence-corrected chi connectivity index (χ4v) is 2.67. The molecule has 3 nitrogen and oxygen atoms in total. The molecule has 17 heavy (non-hydrogen) atoms. The Bertz CT molecular complexity index is 216. The molecule has 1 fully saturated rings. The smallest absolute Gasteiger partial charge is 0.0638 e. The predicted molar refractivity (Wildman–Crippen MR) is 73.2 cm³/mol. The minimum absolute atomic E-state index is 0.234. The van der Waals surface area contributed by atoms with Crippen LogP contribution < -0.4 is 5.32 Å². The maximum atomic E-state index is 9.42. The van der Waals surface area contributed by atoms with Crippen LogP contribution in [0.3, 0.4) is 0 Å². The van der Waals surface area contributed by atoms with Gasteiger partial charge in [-0.05, 0) is 38.6 Å². The number of likely N-dealkylation sites (N-methyl/N-ethyl adjacent to an activating group) is 1. The van der Waals surface area contributed by atoms with E-state index in [9.17, 15) is 5.11 Å². The molecular formula is C14H30N2O. The lowest BCUT2D eigenvalue weighted by atomic mass is 9.84. The van der Waals surface area contributed by atoms with Crippen LogP contribution in [0.1, 0.15) is 46.5 Å². The molecule has 3 heteroatoms. The molecule has 0 radical (unpaired) electrons. The van der Waals surface area contributed by atoms with Gasteiger partial charge < -0.3 is 15.3 Å². The summed E-state index contributed by atoms with van der Waals surface area (Å²) in [4.78, 5) is 2.26. The molecule has 0 amide bonds. The molecule has 0 spiro atoms. The zero-order valence-electron chi connectivity index (χ0n) is 12.0. The van der Waals surface area contributed by atoms with E-state index in [1.165, 1.54) is 25.7 Å². The second kappa shape index (κ2) is 6.72. The topological polar surface area (TPSA) is 35.5 Å². The van der Waals surface area contributed by atoms with Crippen molar-refractivity contribution in [3.05, 3.63) is 0 Å². The molecule has 1 aliphatic carbocycles. The van der Waals surface area contributed by atoms with Gasteiger partial charge >= 0.3 is 0 Å². The zero-order valence-corrected chi connectivity index (χ0v) is 12.0. The van der Waals surface area contributed by atoms with Crippen LogP contribution >= 0.6 is 0 Å². The van der Waals surface area contributed by atoms with Crippen LogP contribution in [0.15, 0.2) is 0 Å². The van der Waals surface area contributed by atoms with Gasteiger partial charge in [0.05, 0.1) is 6.10 Å². The maximum absolute atomic E-state index is 9.42. The largest absolute Gasteiger partial charge is 0.392 e. The molecule has 1 aliphatic rings. The number of nitrogens with one attached hydrogen (secondary N) is 1. The van der Waals surface area contributed by atoms with Crippen molar-refractivity contribution in [1.82, 2.24) is 10.2 Å². The van der Waals surface area contributed by atoms with Gasteiger partial charge in [-0.15, -0.1) is 0 Å². The van der Waals surface area contributed by atoms with E-state index in [0.29, 0.717) is 5.41 Å². The van der Waals surface area contributed by atoms with Crippen molar-refractivity contribution in [3.63, 3.8) is 0 Å². The summed E-state index contributed by atoms with van der Waals surface area (Å²) in [5, 5.41) is 13.1. The number of nitrogens with zero attached hydrogens (tertiary/aromatic N) is 1. The summed E-state index contributed by atoms with van der Waals surface area (Å²) >= 11 is 0. The first-order valence-corrected chi connectivity index (χ1v) is 7.05. The van der Waals surface area contributed by atoms with E-state index in [2.05, 4.69) is 31.1 Å². The molecule has 0 heterocycles. The van der Waals surface area contributed by atoms with Gasteiger partial charge in [-0.25, -0.2) is 0 Å². The Morgan fingerprint density at radius 3 is 2.59 bits per heavy atom. The molecule has 0 aromatic rings. The highest BCUT2D eigenvalue weighted by atomic mass is 16.3. The number of hydrogen-bond acceptors (Lipinski definition) is 3. The first-order chi connectivity index (χ1) is 7.95. The van der Waals surface area contributed by atoms with E-state index in [-0.39, 0.29) is 6.10 Å². The van der Waals surface area contributed by atoms with Crippen LogP contribution in [0.25, 0.3) is 0 Å². The summed E-state index contributed by atoms with van der Waals surface area (Å²) in [5.41, 5.74) is 0.334. The highest BCUT2D eigenvalue weighted by Crippen LogP contribution is 2.26. The van der Waals surface area contributed by atoms with Crippen LogP contribution in [0, 0.1) is 5.41 Å². The van der Waals surface area contributed by atoms with Crippen molar-refractivity contribution in [1.29, 1.82) is 0 Å². The van der Waals surface area contributed by atoms with Gasteiger partial charge in [0.25, 0.3) is 0 Å². The quantitative estimate of drug-likeness (QED) is 0.648. The Balaban J connectivity index is 2.37. The second-order valence-electron chi connectivity index (χ2n) is 6.26. The Hall–Kier alpha value is -0.120. The van der Waals surface area contributed by atoms with Crippen molar-refractivity contribution in [2.24, 2.45) is 5.41 Å². The molecule has 0 aliphatic heterocycles. The van der Waals surface area contributed by atoms with Crippen molar-refractivity contribution < 1.29 is 5.11 Å². The minimum Gasteiger partial charge on any atom is -0.392 e. The van der Waals surface area contributed by atoms with Gasteiger partial charge in [-0.1, -0.05) is 20.3 Å². The Morgan fingerprint density at radius 2 is 2.12 bits per heavy atom. The molecule has 1 rings (SSSR count). The molecule has 2 N–H and O–H groups in total. The molecule has 102 valence electrons. The third kappa shape index (κ3) is 6.39. The Labute approximate surface area is 107 Å². The fraction of sp³-hybridized carbons (Fsp3) is 1.00. The molecular weight excluding hydrogens is 212 g/mol. The molecule has 0 aromatic heterocycles. The minimum atomic E-state index is -0.234. The Kier molecular flexibility index (Phi) is 5.90. The second-order valence-corrected chi connectivity index (χ2v) is 6.26. The predicted octanol–water partition coefficient (Wildman–Crippen LogP) is 1.86. The van der Waals surface area contributed by atoms with Crippen LogP contribution in [0.2, 0.25) is 0 Å². The van der Waals surface area contributed by atoms with Gasteiger partial charge in [0.2, 0.25) is 0 Å². The summed E-state index contributed by atoms with van der Waals surface area (Å²) in [7, 11) is 2.11. The van der Waals surface area contributed by atoms with E-state index in [0.717, 1.165) is 25.7 Å². The van der Waals surface area contributed by atoms with Crippen LogP contribution in [0.4, 0.5) is 0 Å². The lowest BCUT2D eigenvalue weighted by Crippen LogP contribution is -2.43. The average Bonchev–Trinajstić information content (AvgIpc) is 2.96. The molecule has 2 unspecified atom stereocenters. The van der Waals surface area contributed by atoms with Gasteiger partial charge in [0, 0.05) is 25.7 Å². The normalized spacial score (nSPS) is 21.5. The number of rotatable bonds is 9. The molecule has 2 atom stereocenters. The van der Waals surface area contributed by atoms with Crippen molar-refractivity contribution in [3.8, 4) is 0 Å². The molecule has 1 saturated carbocycles. The fourth-order valence-electron chi connectivity index (χ4n) is 2.67. The van der Waals surface area contributed by atoms with Crippen LogP contribution in [-0.4, -0.2) is 48.8 Å². The van der Waals surface area contributed by atoms with Crippen molar-refractivity contribution >= 4 is 0 Å². The molecule has 0 bridgehead atoms. The first kappa shape index (κ1) is 14.9.